The minimum atomic E-state index is -0.517. The van der Waals surface area contributed by atoms with Crippen molar-refractivity contribution < 1.29 is 4.92 Å². The van der Waals surface area contributed by atoms with Crippen molar-refractivity contribution in [3.63, 3.8) is 0 Å². The zero-order chi connectivity index (χ0) is 12.4. The van der Waals surface area contributed by atoms with Gasteiger partial charge in [-0.05, 0) is 28.7 Å². The van der Waals surface area contributed by atoms with Crippen LogP contribution in [0, 0.1) is 16.0 Å². The summed E-state index contributed by atoms with van der Waals surface area (Å²) in [6.45, 7) is 3.70. The largest absolute Gasteiger partial charge is 0.406 e. The van der Waals surface area contributed by atoms with E-state index in [-0.39, 0.29) is 16.8 Å². The average Bonchev–Trinajstić information content (AvgIpc) is 2.29. The van der Waals surface area contributed by atoms with Gasteiger partial charge in [-0.1, -0.05) is 18.5 Å². The Bertz CT molecular complexity index is 432. The Kier molecular flexibility index (Phi) is 3.42. The van der Waals surface area contributed by atoms with Crippen molar-refractivity contribution in [2.75, 3.05) is 18.0 Å². The maximum atomic E-state index is 10.9. The zero-order valence-electron chi connectivity index (χ0n) is 9.47. The highest BCUT2D eigenvalue weighted by Gasteiger charge is 2.26. The molecule has 0 bridgehead atoms. The lowest BCUT2D eigenvalue weighted by molar-refractivity contribution is -0.389. The molecule has 1 aromatic heterocycles. The van der Waals surface area contributed by atoms with Crippen molar-refractivity contribution in [3.8, 4) is 0 Å². The number of piperidine rings is 1. The number of aromatic nitrogens is 2. The summed E-state index contributed by atoms with van der Waals surface area (Å²) in [6.07, 6.45) is 3.21. The predicted octanol–water partition coefficient (Wildman–Crippen LogP) is 2.27. The number of hydrogen-bond donors (Lipinski definition) is 0. The summed E-state index contributed by atoms with van der Waals surface area (Å²) in [6, 6.07) is 0. The van der Waals surface area contributed by atoms with Crippen molar-refractivity contribution in [1.29, 1.82) is 0 Å². The van der Waals surface area contributed by atoms with Crippen molar-refractivity contribution in [2.24, 2.45) is 5.92 Å². The molecule has 1 aliphatic heterocycles. The summed E-state index contributed by atoms with van der Waals surface area (Å²) in [5, 5.41) is 11.1. The van der Waals surface area contributed by atoms with Crippen LogP contribution in [-0.4, -0.2) is 28.0 Å². The van der Waals surface area contributed by atoms with Crippen molar-refractivity contribution in [3.05, 3.63) is 21.5 Å². The van der Waals surface area contributed by atoms with Gasteiger partial charge in [-0.2, -0.15) is 0 Å². The third kappa shape index (κ3) is 2.63. The highest BCUT2D eigenvalue weighted by Crippen LogP contribution is 2.28. The standard InChI is InChI=1S/C10H13ClN4O2/c1-7-2-4-14(5-3-7)10-9(15(16)17)12-6-8(11)13-10/h6-7H,2-5H2,1H3. The normalized spacial score (nSPS) is 17.2. The molecule has 1 aromatic rings. The maximum Gasteiger partial charge on any atom is 0.406 e. The fourth-order valence-electron chi connectivity index (χ4n) is 1.91. The maximum absolute atomic E-state index is 10.9. The molecule has 0 N–H and O–H groups in total. The van der Waals surface area contributed by atoms with E-state index in [0.29, 0.717) is 5.92 Å². The summed E-state index contributed by atoms with van der Waals surface area (Å²) in [4.78, 5) is 20.0. The Hall–Kier alpha value is -1.43. The van der Waals surface area contributed by atoms with E-state index < -0.39 is 4.92 Å². The molecule has 0 unspecified atom stereocenters. The molecule has 0 aromatic carbocycles. The van der Waals surface area contributed by atoms with E-state index >= 15 is 0 Å². The second-order valence-corrected chi connectivity index (χ2v) is 4.65. The summed E-state index contributed by atoms with van der Waals surface area (Å²) in [5.74, 6) is 0.718. The summed E-state index contributed by atoms with van der Waals surface area (Å²) in [7, 11) is 0. The summed E-state index contributed by atoms with van der Waals surface area (Å²) < 4.78 is 0. The molecule has 6 nitrogen and oxygen atoms in total. The van der Waals surface area contributed by atoms with E-state index in [2.05, 4.69) is 16.9 Å². The highest BCUT2D eigenvalue weighted by atomic mass is 35.5. The van der Waals surface area contributed by atoms with E-state index in [4.69, 9.17) is 11.6 Å². The van der Waals surface area contributed by atoms with Gasteiger partial charge in [0.25, 0.3) is 0 Å². The van der Waals surface area contributed by atoms with Gasteiger partial charge in [0.05, 0.1) is 0 Å². The van der Waals surface area contributed by atoms with E-state index in [1.807, 2.05) is 4.90 Å². The van der Waals surface area contributed by atoms with Crippen LogP contribution in [0.5, 0.6) is 0 Å². The van der Waals surface area contributed by atoms with Crippen LogP contribution in [-0.2, 0) is 0 Å². The van der Waals surface area contributed by atoms with Crippen LogP contribution < -0.4 is 4.90 Å². The topological polar surface area (TPSA) is 72.2 Å². The van der Waals surface area contributed by atoms with Gasteiger partial charge in [-0.15, -0.1) is 0 Å². The first-order valence-corrected chi connectivity index (χ1v) is 5.87. The highest BCUT2D eigenvalue weighted by molar-refractivity contribution is 6.29. The molecule has 1 fully saturated rings. The van der Waals surface area contributed by atoms with Crippen LogP contribution in [0.4, 0.5) is 11.6 Å². The fraction of sp³-hybridized carbons (Fsp3) is 0.600. The monoisotopic (exact) mass is 256 g/mol. The van der Waals surface area contributed by atoms with Crippen molar-refractivity contribution in [2.45, 2.75) is 19.8 Å². The van der Waals surface area contributed by atoms with Gasteiger partial charge in [0.2, 0.25) is 5.82 Å². The first-order chi connectivity index (χ1) is 8.08. The van der Waals surface area contributed by atoms with Gasteiger partial charge < -0.3 is 15.0 Å². The summed E-state index contributed by atoms with van der Waals surface area (Å²) >= 11 is 5.75. The molecule has 92 valence electrons. The molecule has 0 saturated carbocycles. The zero-order valence-corrected chi connectivity index (χ0v) is 10.2. The van der Waals surface area contributed by atoms with Crippen LogP contribution in [0.1, 0.15) is 19.8 Å². The number of anilines is 1. The van der Waals surface area contributed by atoms with Crippen LogP contribution in [0.15, 0.2) is 6.20 Å². The van der Waals surface area contributed by atoms with Crippen LogP contribution in [0.2, 0.25) is 5.15 Å². The van der Waals surface area contributed by atoms with Crippen molar-refractivity contribution in [1.82, 2.24) is 9.97 Å². The Morgan fingerprint density at radius 1 is 1.53 bits per heavy atom. The Labute approximate surface area is 104 Å². The van der Waals surface area contributed by atoms with E-state index in [1.54, 1.807) is 0 Å². The Morgan fingerprint density at radius 2 is 2.18 bits per heavy atom. The fourth-order valence-corrected chi connectivity index (χ4v) is 2.04. The lowest BCUT2D eigenvalue weighted by Gasteiger charge is -2.30. The van der Waals surface area contributed by atoms with Gasteiger partial charge in [-0.3, -0.25) is 0 Å². The minimum Gasteiger partial charge on any atom is -0.358 e. The van der Waals surface area contributed by atoms with Gasteiger partial charge in [0, 0.05) is 13.1 Å². The molecule has 0 amide bonds. The SMILES string of the molecule is CC1CCN(c2nc(Cl)cnc2[N+](=O)[O-])CC1. The molecule has 7 heteroatoms. The molecule has 2 rings (SSSR count). The molecule has 2 heterocycles. The van der Waals surface area contributed by atoms with Gasteiger partial charge in [-0.25, -0.2) is 4.98 Å². The number of hydrogen-bond acceptors (Lipinski definition) is 5. The molecular formula is C10H13ClN4O2. The van der Waals surface area contributed by atoms with Gasteiger partial charge >= 0.3 is 5.82 Å². The molecule has 0 atom stereocenters. The molecule has 0 aliphatic carbocycles. The average molecular weight is 257 g/mol. The number of rotatable bonds is 2. The molecule has 1 saturated heterocycles. The first-order valence-electron chi connectivity index (χ1n) is 5.50. The lowest BCUT2D eigenvalue weighted by atomic mass is 9.99. The van der Waals surface area contributed by atoms with Crippen LogP contribution in [0.25, 0.3) is 0 Å². The second-order valence-electron chi connectivity index (χ2n) is 4.27. The molecule has 17 heavy (non-hydrogen) atoms. The minimum absolute atomic E-state index is 0.184. The Balaban J connectivity index is 2.30. The van der Waals surface area contributed by atoms with E-state index in [0.717, 1.165) is 25.9 Å². The second kappa shape index (κ2) is 4.83. The molecule has 0 radical (unpaired) electrons. The number of nitro groups is 1. The van der Waals surface area contributed by atoms with Gasteiger partial charge in [0.15, 0.2) is 11.3 Å². The third-order valence-electron chi connectivity index (χ3n) is 2.96. The third-order valence-corrected chi connectivity index (χ3v) is 3.14. The quantitative estimate of drug-likeness (QED) is 0.600. The van der Waals surface area contributed by atoms with Crippen molar-refractivity contribution >= 4 is 23.2 Å². The van der Waals surface area contributed by atoms with E-state index in [1.165, 1.54) is 6.20 Å². The number of nitrogens with zero attached hydrogens (tertiary/aromatic N) is 4. The van der Waals surface area contributed by atoms with E-state index in [9.17, 15) is 10.1 Å². The first kappa shape index (κ1) is 12.0. The molecular weight excluding hydrogens is 244 g/mol. The van der Waals surface area contributed by atoms with Gasteiger partial charge in [0.1, 0.15) is 0 Å². The molecule has 1 aliphatic rings. The summed E-state index contributed by atoms with van der Waals surface area (Å²) in [5.41, 5.74) is 0. The Morgan fingerprint density at radius 3 is 2.76 bits per heavy atom. The van der Waals surface area contributed by atoms with Crippen LogP contribution in [0.3, 0.4) is 0 Å². The molecule has 0 spiro atoms. The lowest BCUT2D eigenvalue weighted by Crippen LogP contribution is -2.34. The number of halogens is 1. The van der Waals surface area contributed by atoms with Crippen LogP contribution >= 0.6 is 11.6 Å². The predicted molar refractivity (Wildman–Crippen MR) is 64.3 cm³/mol. The smallest absolute Gasteiger partial charge is 0.358 e.